The molecule has 2 heterocycles. The van der Waals surface area contributed by atoms with Gasteiger partial charge in [0, 0.05) is 22.8 Å². The maximum Gasteiger partial charge on any atom is 0.147 e. The van der Waals surface area contributed by atoms with Crippen molar-refractivity contribution in [3.05, 3.63) is 84.4 Å². The second-order valence-electron chi connectivity index (χ2n) is 6.90. The van der Waals surface area contributed by atoms with E-state index in [2.05, 4.69) is 17.2 Å². The van der Waals surface area contributed by atoms with Gasteiger partial charge in [-0.2, -0.15) is 0 Å². The van der Waals surface area contributed by atoms with Crippen molar-refractivity contribution in [3.8, 4) is 11.5 Å². The number of anilines is 1. The SMILES string of the molecule is CCCCOc1ccc(NC(c2ccco2)c2ccc3cccnc3c2O)cc1. The molecule has 0 amide bonds. The molecule has 4 aromatic rings. The summed E-state index contributed by atoms with van der Waals surface area (Å²) in [7, 11) is 0. The molecule has 2 aromatic carbocycles. The predicted octanol–water partition coefficient (Wildman–Crippen LogP) is 5.91. The monoisotopic (exact) mass is 388 g/mol. The minimum atomic E-state index is -0.358. The summed E-state index contributed by atoms with van der Waals surface area (Å²) in [4.78, 5) is 4.33. The van der Waals surface area contributed by atoms with Crippen LogP contribution in [0.4, 0.5) is 5.69 Å². The summed E-state index contributed by atoms with van der Waals surface area (Å²) in [6.45, 7) is 2.86. The summed E-state index contributed by atoms with van der Waals surface area (Å²) < 4.78 is 11.4. The number of hydrogen-bond acceptors (Lipinski definition) is 5. The molecule has 4 rings (SSSR count). The number of aromatic hydroxyl groups is 1. The van der Waals surface area contributed by atoms with Gasteiger partial charge < -0.3 is 19.6 Å². The molecule has 29 heavy (non-hydrogen) atoms. The van der Waals surface area contributed by atoms with Gasteiger partial charge in [0.1, 0.15) is 28.8 Å². The Morgan fingerprint density at radius 1 is 1.07 bits per heavy atom. The van der Waals surface area contributed by atoms with E-state index in [1.165, 1.54) is 0 Å². The van der Waals surface area contributed by atoms with Crippen molar-refractivity contribution < 1.29 is 14.3 Å². The summed E-state index contributed by atoms with van der Waals surface area (Å²) in [5, 5.41) is 15.2. The van der Waals surface area contributed by atoms with Crippen molar-refractivity contribution in [2.45, 2.75) is 25.8 Å². The summed E-state index contributed by atoms with van der Waals surface area (Å²) in [6.07, 6.45) is 5.45. The second-order valence-corrected chi connectivity index (χ2v) is 6.90. The van der Waals surface area contributed by atoms with E-state index in [0.29, 0.717) is 16.8 Å². The van der Waals surface area contributed by atoms with Gasteiger partial charge in [0.15, 0.2) is 0 Å². The first-order valence-corrected chi connectivity index (χ1v) is 9.85. The number of furan rings is 1. The van der Waals surface area contributed by atoms with Gasteiger partial charge in [-0.25, -0.2) is 0 Å². The van der Waals surface area contributed by atoms with Gasteiger partial charge in [0.05, 0.1) is 12.9 Å². The molecule has 0 spiro atoms. The molecule has 0 saturated carbocycles. The van der Waals surface area contributed by atoms with Gasteiger partial charge in [-0.15, -0.1) is 0 Å². The molecule has 0 saturated heterocycles. The predicted molar refractivity (Wildman–Crippen MR) is 114 cm³/mol. The first-order valence-electron chi connectivity index (χ1n) is 9.85. The molecule has 1 atom stereocenters. The molecule has 0 aliphatic rings. The Kier molecular flexibility index (Phi) is 5.66. The smallest absolute Gasteiger partial charge is 0.147 e. The number of hydrogen-bond donors (Lipinski definition) is 2. The molecule has 0 radical (unpaired) electrons. The maximum atomic E-state index is 10.9. The molecule has 0 bridgehead atoms. The topological polar surface area (TPSA) is 67.5 Å². The Balaban J connectivity index is 1.63. The van der Waals surface area contributed by atoms with Crippen LogP contribution >= 0.6 is 0 Å². The third kappa shape index (κ3) is 4.19. The first kappa shape index (κ1) is 18.9. The van der Waals surface area contributed by atoms with Crippen molar-refractivity contribution in [2.24, 2.45) is 0 Å². The van der Waals surface area contributed by atoms with Crippen LogP contribution in [0.2, 0.25) is 0 Å². The summed E-state index contributed by atoms with van der Waals surface area (Å²) >= 11 is 0. The summed E-state index contributed by atoms with van der Waals surface area (Å²) in [5.41, 5.74) is 2.17. The molecule has 148 valence electrons. The van der Waals surface area contributed by atoms with Gasteiger partial charge in [0.2, 0.25) is 0 Å². The van der Waals surface area contributed by atoms with E-state index in [9.17, 15) is 5.11 Å². The van der Waals surface area contributed by atoms with Crippen LogP contribution in [-0.4, -0.2) is 16.7 Å². The molecule has 5 heteroatoms. The van der Waals surface area contributed by atoms with E-state index < -0.39 is 0 Å². The number of aromatic nitrogens is 1. The highest BCUT2D eigenvalue weighted by molar-refractivity contribution is 5.85. The number of ether oxygens (including phenoxy) is 1. The van der Waals surface area contributed by atoms with E-state index in [1.54, 1.807) is 12.5 Å². The highest BCUT2D eigenvalue weighted by atomic mass is 16.5. The lowest BCUT2D eigenvalue weighted by Crippen LogP contribution is -2.12. The highest BCUT2D eigenvalue weighted by Gasteiger charge is 2.22. The van der Waals surface area contributed by atoms with Crippen LogP contribution in [0, 0.1) is 0 Å². The van der Waals surface area contributed by atoms with Crippen LogP contribution in [0.3, 0.4) is 0 Å². The average molecular weight is 388 g/mol. The zero-order valence-electron chi connectivity index (χ0n) is 16.3. The normalized spacial score (nSPS) is 12.0. The van der Waals surface area contributed by atoms with Crippen molar-refractivity contribution >= 4 is 16.6 Å². The molecule has 2 N–H and O–H groups in total. The second kappa shape index (κ2) is 8.69. The number of phenolic OH excluding ortho intramolecular Hbond substituents is 1. The molecular formula is C24H24N2O3. The van der Waals surface area contributed by atoms with Crippen molar-refractivity contribution in [2.75, 3.05) is 11.9 Å². The summed E-state index contributed by atoms with van der Waals surface area (Å²) in [6, 6.07) is 18.8. The number of nitrogens with zero attached hydrogens (tertiary/aromatic N) is 1. The van der Waals surface area contributed by atoms with Crippen LogP contribution in [-0.2, 0) is 0 Å². The van der Waals surface area contributed by atoms with Gasteiger partial charge in [-0.3, -0.25) is 4.98 Å². The average Bonchev–Trinajstić information content (AvgIpc) is 3.29. The third-order valence-corrected chi connectivity index (χ3v) is 4.85. The van der Waals surface area contributed by atoms with Gasteiger partial charge in [-0.1, -0.05) is 31.5 Å². The molecule has 0 fully saturated rings. The fraction of sp³-hybridized carbons (Fsp3) is 0.208. The first-order chi connectivity index (χ1) is 14.3. The van der Waals surface area contributed by atoms with E-state index in [-0.39, 0.29) is 11.8 Å². The van der Waals surface area contributed by atoms with Gasteiger partial charge in [0.25, 0.3) is 0 Å². The molecule has 0 aliphatic heterocycles. The molecule has 0 aliphatic carbocycles. The third-order valence-electron chi connectivity index (χ3n) is 4.85. The molecule has 1 unspecified atom stereocenters. The fourth-order valence-electron chi connectivity index (χ4n) is 3.28. The largest absolute Gasteiger partial charge is 0.505 e. The molecule has 2 aromatic heterocycles. The zero-order chi connectivity index (χ0) is 20.1. The standard InChI is InChI=1S/C24H24N2O3/c1-2-3-15-28-19-11-9-18(10-12-19)26-23(21-7-5-16-29-21)20-13-8-17-6-4-14-25-22(17)24(20)27/h4-14,16,23,26-27H,2-3,15H2,1H3. The van der Waals surface area contributed by atoms with Crippen molar-refractivity contribution in [3.63, 3.8) is 0 Å². The lowest BCUT2D eigenvalue weighted by Gasteiger charge is -2.20. The Bertz CT molecular complexity index is 1060. The number of nitrogens with one attached hydrogen (secondary N) is 1. The van der Waals surface area contributed by atoms with Crippen LogP contribution < -0.4 is 10.1 Å². The number of benzene rings is 2. The minimum Gasteiger partial charge on any atom is -0.505 e. The molecular weight excluding hydrogens is 364 g/mol. The van der Waals surface area contributed by atoms with Crippen LogP contribution in [0.5, 0.6) is 11.5 Å². The van der Waals surface area contributed by atoms with E-state index in [1.807, 2.05) is 60.7 Å². The zero-order valence-corrected chi connectivity index (χ0v) is 16.3. The van der Waals surface area contributed by atoms with Gasteiger partial charge >= 0.3 is 0 Å². The number of rotatable bonds is 8. The van der Waals surface area contributed by atoms with Gasteiger partial charge in [-0.05, 0) is 48.9 Å². The van der Waals surface area contributed by atoms with E-state index >= 15 is 0 Å². The number of fused-ring (bicyclic) bond motifs is 1. The van der Waals surface area contributed by atoms with Crippen molar-refractivity contribution in [1.82, 2.24) is 4.98 Å². The Hall–Kier alpha value is -3.47. The number of pyridine rings is 1. The highest BCUT2D eigenvalue weighted by Crippen LogP contribution is 2.36. The van der Waals surface area contributed by atoms with Crippen LogP contribution in [0.15, 0.2) is 77.5 Å². The maximum absolute atomic E-state index is 10.9. The van der Waals surface area contributed by atoms with Crippen molar-refractivity contribution in [1.29, 1.82) is 0 Å². The Morgan fingerprint density at radius 3 is 2.69 bits per heavy atom. The Morgan fingerprint density at radius 2 is 1.93 bits per heavy atom. The quantitative estimate of drug-likeness (QED) is 0.367. The molecule has 5 nitrogen and oxygen atoms in total. The Labute approximate surface area is 170 Å². The lowest BCUT2D eigenvalue weighted by molar-refractivity contribution is 0.309. The van der Waals surface area contributed by atoms with E-state index in [4.69, 9.17) is 9.15 Å². The minimum absolute atomic E-state index is 0.150. The van der Waals surface area contributed by atoms with Crippen LogP contribution in [0.1, 0.15) is 37.1 Å². The number of phenols is 1. The fourth-order valence-corrected chi connectivity index (χ4v) is 3.28. The van der Waals surface area contributed by atoms with Crippen LogP contribution in [0.25, 0.3) is 10.9 Å². The number of unbranched alkanes of at least 4 members (excludes halogenated alkanes) is 1. The summed E-state index contributed by atoms with van der Waals surface area (Å²) in [5.74, 6) is 1.70. The van der Waals surface area contributed by atoms with E-state index in [0.717, 1.165) is 36.3 Å². The lowest BCUT2D eigenvalue weighted by atomic mass is 10.0.